The maximum absolute atomic E-state index is 12.0. The van der Waals surface area contributed by atoms with E-state index in [0.717, 1.165) is 13.1 Å². The smallest absolute Gasteiger partial charge is 0.307 e. The number of carboxylic acid groups (broad SMARTS) is 1. The molecule has 16 heavy (non-hydrogen) atoms. The highest BCUT2D eigenvalue weighted by Crippen LogP contribution is 2.15. The second kappa shape index (κ2) is 5.30. The van der Waals surface area contributed by atoms with Crippen LogP contribution in [-0.4, -0.2) is 60.0 Å². The average molecular weight is 228 g/mol. The standard InChI is InChI=1S/C11H20N2O3/c1-8(9(2)11(15)16)10(14)13-6-4-12(3)5-7-13/h8-9H,4-7H2,1-3H3,(H,15,16). The van der Waals surface area contributed by atoms with Crippen LogP contribution >= 0.6 is 0 Å². The van der Waals surface area contributed by atoms with Crippen LogP contribution in [0.2, 0.25) is 0 Å². The van der Waals surface area contributed by atoms with Gasteiger partial charge in [-0.05, 0) is 7.05 Å². The number of carboxylic acids is 1. The molecule has 92 valence electrons. The van der Waals surface area contributed by atoms with Gasteiger partial charge in [0.05, 0.1) is 5.92 Å². The third kappa shape index (κ3) is 2.95. The number of hydrogen-bond donors (Lipinski definition) is 1. The highest BCUT2D eigenvalue weighted by atomic mass is 16.4. The molecule has 1 rings (SSSR count). The van der Waals surface area contributed by atoms with Gasteiger partial charge in [-0.2, -0.15) is 0 Å². The zero-order valence-corrected chi connectivity index (χ0v) is 10.1. The maximum atomic E-state index is 12.0. The van der Waals surface area contributed by atoms with Gasteiger partial charge in [0.25, 0.3) is 0 Å². The molecule has 0 aliphatic carbocycles. The predicted octanol–water partition coefficient (Wildman–Crippen LogP) is 0.117. The molecule has 5 nitrogen and oxygen atoms in total. The van der Waals surface area contributed by atoms with Crippen LogP contribution in [0.15, 0.2) is 0 Å². The summed E-state index contributed by atoms with van der Waals surface area (Å²) >= 11 is 0. The molecule has 1 saturated heterocycles. The minimum Gasteiger partial charge on any atom is -0.481 e. The second-order valence-corrected chi connectivity index (χ2v) is 4.54. The van der Waals surface area contributed by atoms with Crippen LogP contribution in [-0.2, 0) is 9.59 Å². The van der Waals surface area contributed by atoms with Crippen molar-refractivity contribution in [3.63, 3.8) is 0 Å². The molecule has 1 heterocycles. The van der Waals surface area contributed by atoms with E-state index in [2.05, 4.69) is 4.90 Å². The molecule has 0 radical (unpaired) electrons. The Bertz CT molecular complexity index is 272. The molecule has 0 spiro atoms. The van der Waals surface area contributed by atoms with Crippen LogP contribution in [0.4, 0.5) is 0 Å². The van der Waals surface area contributed by atoms with Crippen LogP contribution in [0.5, 0.6) is 0 Å². The Hall–Kier alpha value is -1.10. The molecular formula is C11H20N2O3. The Kier molecular flexibility index (Phi) is 4.29. The van der Waals surface area contributed by atoms with Gasteiger partial charge < -0.3 is 14.9 Å². The highest BCUT2D eigenvalue weighted by Gasteiger charge is 2.30. The van der Waals surface area contributed by atoms with Gasteiger partial charge in [0, 0.05) is 32.1 Å². The number of carbonyl (C=O) groups excluding carboxylic acids is 1. The minimum absolute atomic E-state index is 0.0389. The lowest BCUT2D eigenvalue weighted by Crippen LogP contribution is -2.49. The van der Waals surface area contributed by atoms with Crippen molar-refractivity contribution >= 4 is 11.9 Å². The lowest BCUT2D eigenvalue weighted by molar-refractivity contribution is -0.149. The summed E-state index contributed by atoms with van der Waals surface area (Å²) in [5, 5.41) is 8.86. The first-order valence-electron chi connectivity index (χ1n) is 5.63. The molecule has 0 saturated carbocycles. The summed E-state index contributed by atoms with van der Waals surface area (Å²) < 4.78 is 0. The van der Waals surface area contributed by atoms with Gasteiger partial charge in [-0.3, -0.25) is 9.59 Å². The van der Waals surface area contributed by atoms with Crippen molar-refractivity contribution in [3.05, 3.63) is 0 Å². The Morgan fingerprint density at radius 1 is 1.06 bits per heavy atom. The third-order valence-electron chi connectivity index (χ3n) is 3.34. The van der Waals surface area contributed by atoms with Crippen molar-refractivity contribution in [2.75, 3.05) is 33.2 Å². The van der Waals surface area contributed by atoms with Gasteiger partial charge in [-0.1, -0.05) is 13.8 Å². The average Bonchev–Trinajstić information content (AvgIpc) is 2.27. The van der Waals surface area contributed by atoms with Gasteiger partial charge >= 0.3 is 5.97 Å². The van der Waals surface area contributed by atoms with E-state index in [4.69, 9.17) is 5.11 Å². The van der Waals surface area contributed by atoms with E-state index in [1.165, 1.54) is 0 Å². The number of aliphatic carboxylic acids is 1. The molecule has 2 atom stereocenters. The van der Waals surface area contributed by atoms with E-state index < -0.39 is 17.8 Å². The normalized spacial score (nSPS) is 21.6. The molecule has 0 bridgehead atoms. The molecule has 1 aliphatic rings. The topological polar surface area (TPSA) is 60.9 Å². The summed E-state index contributed by atoms with van der Waals surface area (Å²) in [7, 11) is 2.02. The highest BCUT2D eigenvalue weighted by molar-refractivity contribution is 5.84. The SMILES string of the molecule is CC(C(=O)O)C(C)C(=O)N1CCN(C)CC1. The monoisotopic (exact) mass is 228 g/mol. The van der Waals surface area contributed by atoms with Crippen molar-refractivity contribution in [1.82, 2.24) is 9.80 Å². The quantitative estimate of drug-likeness (QED) is 0.745. The number of piperazine rings is 1. The number of likely N-dealkylation sites (N-methyl/N-ethyl adjacent to an activating group) is 1. The lowest BCUT2D eigenvalue weighted by atomic mass is 9.94. The van der Waals surface area contributed by atoms with E-state index in [9.17, 15) is 9.59 Å². The van der Waals surface area contributed by atoms with E-state index in [1.807, 2.05) is 7.05 Å². The largest absolute Gasteiger partial charge is 0.481 e. The van der Waals surface area contributed by atoms with Gasteiger partial charge in [-0.25, -0.2) is 0 Å². The molecule has 1 aliphatic heterocycles. The Balaban J connectivity index is 2.54. The number of carbonyl (C=O) groups is 2. The summed E-state index contributed by atoms with van der Waals surface area (Å²) in [6.07, 6.45) is 0. The first-order valence-corrected chi connectivity index (χ1v) is 5.63. The molecule has 2 unspecified atom stereocenters. The van der Waals surface area contributed by atoms with Crippen LogP contribution in [0.1, 0.15) is 13.8 Å². The van der Waals surface area contributed by atoms with Gasteiger partial charge in [0.2, 0.25) is 5.91 Å². The summed E-state index contributed by atoms with van der Waals surface area (Å²) in [4.78, 5) is 26.7. The zero-order chi connectivity index (χ0) is 12.3. The van der Waals surface area contributed by atoms with Crippen molar-refractivity contribution in [2.24, 2.45) is 11.8 Å². The first-order chi connectivity index (χ1) is 7.43. The van der Waals surface area contributed by atoms with Crippen LogP contribution in [0.25, 0.3) is 0 Å². The second-order valence-electron chi connectivity index (χ2n) is 4.54. The molecule has 1 fully saturated rings. The number of nitrogens with zero attached hydrogens (tertiary/aromatic N) is 2. The van der Waals surface area contributed by atoms with E-state index in [-0.39, 0.29) is 5.91 Å². The Morgan fingerprint density at radius 3 is 2.00 bits per heavy atom. The summed E-state index contributed by atoms with van der Waals surface area (Å²) in [5.41, 5.74) is 0. The fraction of sp³-hybridized carbons (Fsp3) is 0.818. The van der Waals surface area contributed by atoms with Gasteiger partial charge in [0.1, 0.15) is 0 Å². The molecule has 1 amide bonds. The fourth-order valence-corrected chi connectivity index (χ4v) is 1.74. The molecule has 5 heteroatoms. The Labute approximate surface area is 96.0 Å². The van der Waals surface area contributed by atoms with E-state index >= 15 is 0 Å². The van der Waals surface area contributed by atoms with Crippen LogP contribution in [0.3, 0.4) is 0 Å². The van der Waals surface area contributed by atoms with Crippen molar-refractivity contribution < 1.29 is 14.7 Å². The van der Waals surface area contributed by atoms with Crippen LogP contribution in [0, 0.1) is 11.8 Å². The van der Waals surface area contributed by atoms with Crippen molar-refractivity contribution in [2.45, 2.75) is 13.8 Å². The van der Waals surface area contributed by atoms with Crippen LogP contribution < -0.4 is 0 Å². The Morgan fingerprint density at radius 2 is 1.56 bits per heavy atom. The van der Waals surface area contributed by atoms with E-state index in [0.29, 0.717) is 13.1 Å². The molecule has 0 aromatic rings. The number of rotatable bonds is 3. The minimum atomic E-state index is -0.907. The predicted molar refractivity (Wildman–Crippen MR) is 60.0 cm³/mol. The summed E-state index contributed by atoms with van der Waals surface area (Å²) in [6.45, 7) is 6.40. The van der Waals surface area contributed by atoms with E-state index in [1.54, 1.807) is 18.7 Å². The maximum Gasteiger partial charge on any atom is 0.307 e. The van der Waals surface area contributed by atoms with Gasteiger partial charge in [0.15, 0.2) is 0 Å². The fourth-order valence-electron chi connectivity index (χ4n) is 1.74. The molecule has 0 aromatic heterocycles. The number of amides is 1. The lowest BCUT2D eigenvalue weighted by Gasteiger charge is -2.34. The van der Waals surface area contributed by atoms with Gasteiger partial charge in [-0.15, -0.1) is 0 Å². The van der Waals surface area contributed by atoms with Crippen molar-refractivity contribution in [1.29, 1.82) is 0 Å². The number of hydrogen-bond acceptors (Lipinski definition) is 3. The third-order valence-corrected chi connectivity index (χ3v) is 3.34. The molecule has 0 aromatic carbocycles. The van der Waals surface area contributed by atoms with Crippen molar-refractivity contribution in [3.8, 4) is 0 Å². The zero-order valence-electron chi connectivity index (χ0n) is 10.1. The summed E-state index contributed by atoms with van der Waals surface area (Å²) in [6, 6.07) is 0. The molecular weight excluding hydrogens is 208 g/mol. The molecule has 1 N–H and O–H groups in total. The summed E-state index contributed by atoms with van der Waals surface area (Å²) in [5.74, 6) is -2.01. The first kappa shape index (κ1) is 13.0.